The van der Waals surface area contributed by atoms with Crippen molar-refractivity contribution in [3.63, 3.8) is 0 Å². The lowest BCUT2D eigenvalue weighted by Crippen LogP contribution is -2.46. The Kier molecular flexibility index (Phi) is 4.88. The number of nitrogens with one attached hydrogen (secondary N) is 1. The third kappa shape index (κ3) is 3.89. The van der Waals surface area contributed by atoms with Crippen LogP contribution in [0.25, 0.3) is 0 Å². The molecule has 1 aliphatic heterocycles. The van der Waals surface area contributed by atoms with Crippen LogP contribution in [0.15, 0.2) is 38.3 Å². The number of hydrogen-bond acceptors (Lipinski definition) is 7. The normalized spacial score (nSPS) is 16.1. The summed E-state index contributed by atoms with van der Waals surface area (Å²) in [4.78, 5) is 23.7. The number of carbonyl (C=O) groups is 1. The van der Waals surface area contributed by atoms with E-state index in [1.54, 1.807) is 11.4 Å². The zero-order valence-electron chi connectivity index (χ0n) is 13.0. The topological polar surface area (TPSA) is 123 Å². The molecule has 25 heavy (non-hydrogen) atoms. The summed E-state index contributed by atoms with van der Waals surface area (Å²) in [7, 11) is -3.54. The first-order valence-corrected chi connectivity index (χ1v) is 9.82. The van der Waals surface area contributed by atoms with Crippen molar-refractivity contribution >= 4 is 33.2 Å². The molecular weight excluding hydrogens is 370 g/mol. The van der Waals surface area contributed by atoms with E-state index in [4.69, 9.17) is 4.42 Å². The zero-order chi connectivity index (χ0) is 18.0. The van der Waals surface area contributed by atoms with Gasteiger partial charge in [0.15, 0.2) is 5.76 Å². The van der Waals surface area contributed by atoms with E-state index in [0.717, 1.165) is 17.4 Å². The van der Waals surface area contributed by atoms with Crippen LogP contribution in [-0.2, 0) is 10.0 Å². The highest BCUT2D eigenvalue weighted by molar-refractivity contribution is 7.91. The minimum Gasteiger partial charge on any atom is -0.395 e. The second kappa shape index (κ2) is 6.94. The van der Waals surface area contributed by atoms with Crippen molar-refractivity contribution in [1.29, 1.82) is 0 Å². The number of nitrogens with zero attached hydrogens (tertiary/aromatic N) is 2. The summed E-state index contributed by atoms with van der Waals surface area (Å²) in [5, 5.41) is 12.3. The smallest absolute Gasteiger partial charge is 0.395 e. The first-order chi connectivity index (χ1) is 11.9. The van der Waals surface area contributed by atoms with E-state index in [0.29, 0.717) is 25.9 Å². The van der Waals surface area contributed by atoms with Gasteiger partial charge in [0, 0.05) is 19.1 Å². The van der Waals surface area contributed by atoms with Crippen LogP contribution >= 0.6 is 11.3 Å². The van der Waals surface area contributed by atoms with Crippen LogP contribution in [0.1, 0.15) is 23.4 Å². The lowest BCUT2D eigenvalue weighted by molar-refractivity contribution is -0.402. The lowest BCUT2D eigenvalue weighted by Gasteiger charge is -2.31. The number of furan rings is 1. The number of hydrogen-bond donors (Lipinski definition) is 1. The maximum Gasteiger partial charge on any atom is 0.433 e. The van der Waals surface area contributed by atoms with Crippen LogP contribution in [0.3, 0.4) is 0 Å². The van der Waals surface area contributed by atoms with Crippen LogP contribution in [-0.4, -0.2) is 43.3 Å². The number of rotatable bonds is 5. The molecule has 0 aromatic carbocycles. The molecule has 1 saturated heterocycles. The third-order valence-electron chi connectivity index (χ3n) is 3.85. The van der Waals surface area contributed by atoms with E-state index in [9.17, 15) is 23.3 Å². The molecule has 9 nitrogen and oxygen atoms in total. The largest absolute Gasteiger partial charge is 0.433 e. The average Bonchev–Trinajstić information content (AvgIpc) is 3.26. The van der Waals surface area contributed by atoms with Gasteiger partial charge in [-0.15, -0.1) is 11.3 Å². The molecule has 134 valence electrons. The van der Waals surface area contributed by atoms with Crippen molar-refractivity contribution in [2.45, 2.75) is 23.1 Å². The summed E-state index contributed by atoms with van der Waals surface area (Å²) >= 11 is 1.14. The Morgan fingerprint density at radius 1 is 1.32 bits per heavy atom. The lowest BCUT2D eigenvalue weighted by atomic mass is 10.1. The van der Waals surface area contributed by atoms with Gasteiger partial charge >= 0.3 is 5.88 Å². The quantitative estimate of drug-likeness (QED) is 0.619. The Bertz CT molecular complexity index is 866. The fourth-order valence-electron chi connectivity index (χ4n) is 2.59. The van der Waals surface area contributed by atoms with E-state index < -0.39 is 26.7 Å². The standard InChI is InChI=1S/C14H15N3O6S2/c18-14(11-3-4-12(23-11)17(19)20)16-7-5-10(6-8-16)15-25(21,22)13-2-1-9-24-13/h1-4,9-10,15H,5-8H2. The Labute approximate surface area is 147 Å². The number of piperidine rings is 1. The summed E-state index contributed by atoms with van der Waals surface area (Å²) in [5.41, 5.74) is 0. The number of nitro groups is 1. The van der Waals surface area contributed by atoms with Crippen molar-refractivity contribution in [3.05, 3.63) is 45.5 Å². The van der Waals surface area contributed by atoms with Gasteiger partial charge in [-0.3, -0.25) is 14.9 Å². The zero-order valence-corrected chi connectivity index (χ0v) is 14.6. The molecule has 0 unspecified atom stereocenters. The molecule has 2 aromatic rings. The molecule has 0 atom stereocenters. The van der Waals surface area contributed by atoms with Gasteiger partial charge in [0.1, 0.15) is 9.13 Å². The van der Waals surface area contributed by atoms with Gasteiger partial charge in [0.25, 0.3) is 5.91 Å². The minimum atomic E-state index is -3.54. The molecule has 1 fully saturated rings. The molecule has 11 heteroatoms. The molecule has 1 N–H and O–H groups in total. The van der Waals surface area contributed by atoms with Crippen LogP contribution in [0, 0.1) is 10.1 Å². The highest BCUT2D eigenvalue weighted by Gasteiger charge is 2.29. The molecule has 1 amide bonds. The van der Waals surface area contributed by atoms with E-state index in [1.165, 1.54) is 17.0 Å². The molecule has 0 bridgehead atoms. The second-order valence-corrected chi connectivity index (χ2v) is 8.40. The number of sulfonamides is 1. The Hall–Kier alpha value is -2.24. The van der Waals surface area contributed by atoms with E-state index in [-0.39, 0.29) is 16.0 Å². The van der Waals surface area contributed by atoms with Gasteiger partial charge in [0.05, 0.1) is 6.07 Å². The third-order valence-corrected chi connectivity index (χ3v) is 6.76. The van der Waals surface area contributed by atoms with Crippen LogP contribution in [0.2, 0.25) is 0 Å². The summed E-state index contributed by atoms with van der Waals surface area (Å²) in [6.45, 7) is 0.677. The van der Waals surface area contributed by atoms with Gasteiger partial charge in [-0.05, 0) is 30.4 Å². The Morgan fingerprint density at radius 3 is 2.60 bits per heavy atom. The first-order valence-electron chi connectivity index (χ1n) is 7.46. The Morgan fingerprint density at radius 2 is 2.04 bits per heavy atom. The van der Waals surface area contributed by atoms with Crippen molar-refractivity contribution in [3.8, 4) is 0 Å². The van der Waals surface area contributed by atoms with Crippen molar-refractivity contribution in [2.24, 2.45) is 0 Å². The van der Waals surface area contributed by atoms with E-state index in [2.05, 4.69) is 4.72 Å². The monoisotopic (exact) mass is 385 g/mol. The highest BCUT2D eigenvalue weighted by Crippen LogP contribution is 2.21. The van der Waals surface area contributed by atoms with E-state index >= 15 is 0 Å². The predicted molar refractivity (Wildman–Crippen MR) is 88.9 cm³/mol. The second-order valence-electron chi connectivity index (χ2n) is 5.51. The fraction of sp³-hybridized carbons (Fsp3) is 0.357. The van der Waals surface area contributed by atoms with Crippen molar-refractivity contribution in [2.75, 3.05) is 13.1 Å². The van der Waals surface area contributed by atoms with Gasteiger partial charge in [-0.25, -0.2) is 13.1 Å². The van der Waals surface area contributed by atoms with Gasteiger partial charge in [-0.2, -0.15) is 0 Å². The summed E-state index contributed by atoms with van der Waals surface area (Å²) in [6, 6.07) is 5.35. The molecule has 0 aliphatic carbocycles. The summed E-state index contributed by atoms with van der Waals surface area (Å²) < 4.78 is 32.2. The van der Waals surface area contributed by atoms with Crippen LogP contribution in [0.5, 0.6) is 0 Å². The SMILES string of the molecule is O=C(c1ccc([N+](=O)[O-])o1)N1CCC(NS(=O)(=O)c2cccs2)CC1. The molecule has 0 radical (unpaired) electrons. The van der Waals surface area contributed by atoms with Crippen LogP contribution < -0.4 is 4.72 Å². The molecule has 0 saturated carbocycles. The predicted octanol–water partition coefficient (Wildman–Crippen LogP) is 1.83. The van der Waals surface area contributed by atoms with Crippen molar-refractivity contribution < 1.29 is 22.6 Å². The molecule has 1 aliphatic rings. The maximum absolute atomic E-state index is 12.3. The van der Waals surface area contributed by atoms with Crippen LogP contribution in [0.4, 0.5) is 5.88 Å². The minimum absolute atomic E-state index is 0.0932. The highest BCUT2D eigenvalue weighted by atomic mass is 32.2. The first kappa shape index (κ1) is 17.6. The molecule has 3 rings (SSSR count). The number of thiophene rings is 1. The summed E-state index contributed by atoms with van der Waals surface area (Å²) in [5.74, 6) is -1.01. The number of carbonyl (C=O) groups excluding carboxylic acids is 1. The van der Waals surface area contributed by atoms with Gasteiger partial charge < -0.3 is 9.32 Å². The molecular formula is C14H15N3O6S2. The van der Waals surface area contributed by atoms with E-state index in [1.807, 2.05) is 0 Å². The molecule has 0 spiro atoms. The molecule has 3 heterocycles. The fourth-order valence-corrected chi connectivity index (χ4v) is 4.91. The molecule has 2 aromatic heterocycles. The number of likely N-dealkylation sites (tertiary alicyclic amines) is 1. The van der Waals surface area contributed by atoms with Gasteiger partial charge in [0.2, 0.25) is 10.0 Å². The Balaban J connectivity index is 1.58. The van der Waals surface area contributed by atoms with Crippen molar-refractivity contribution in [1.82, 2.24) is 9.62 Å². The average molecular weight is 385 g/mol. The maximum atomic E-state index is 12.3. The van der Waals surface area contributed by atoms with Gasteiger partial charge in [-0.1, -0.05) is 6.07 Å². The number of amides is 1. The summed E-state index contributed by atoms with van der Waals surface area (Å²) in [6.07, 6.45) is 0.915.